The Hall–Kier alpha value is 0.250. The van der Waals surface area contributed by atoms with Crippen molar-refractivity contribution in [2.45, 2.75) is 32.3 Å². The second-order valence-electron chi connectivity index (χ2n) is 1.84. The van der Waals surface area contributed by atoms with Crippen molar-refractivity contribution in [3.8, 4) is 0 Å². The molecule has 0 bridgehead atoms. The van der Waals surface area contributed by atoms with Gasteiger partial charge in [-0.1, -0.05) is 0 Å². The van der Waals surface area contributed by atoms with Gasteiger partial charge in [0.1, 0.15) is 0 Å². The van der Waals surface area contributed by atoms with Gasteiger partial charge in [0.25, 0.3) is 0 Å². The average molecular weight is 137 g/mol. The molecule has 50 valence electrons. The minimum Gasteiger partial charge on any atom is -0.377 e. The van der Waals surface area contributed by atoms with E-state index >= 15 is 0 Å². The second kappa shape index (κ2) is 4.16. The Bertz CT molecular complexity index is 54.5. The summed E-state index contributed by atoms with van der Waals surface area (Å²) in [6, 6.07) is 0. The summed E-state index contributed by atoms with van der Waals surface area (Å²) in [5, 5.41) is 0.120. The lowest BCUT2D eigenvalue weighted by Crippen LogP contribution is -2.17. The first kappa shape index (κ1) is 8.25. The molecular formula is C6H13ClO. The maximum absolute atomic E-state index is 5.68. The van der Waals surface area contributed by atoms with Crippen molar-refractivity contribution >= 4 is 11.6 Å². The molecule has 0 saturated carbocycles. The third kappa shape index (κ3) is 3.28. The minimum atomic E-state index is 0.120. The summed E-state index contributed by atoms with van der Waals surface area (Å²) in [6.45, 7) is 6.62. The molecule has 2 atom stereocenters. The van der Waals surface area contributed by atoms with Crippen molar-refractivity contribution in [1.82, 2.24) is 0 Å². The number of hydrogen-bond donors (Lipinski definition) is 0. The van der Waals surface area contributed by atoms with Crippen molar-refractivity contribution in [2.24, 2.45) is 0 Å². The van der Waals surface area contributed by atoms with Gasteiger partial charge in [-0.15, -0.1) is 11.6 Å². The zero-order valence-electron chi connectivity index (χ0n) is 5.65. The minimum absolute atomic E-state index is 0.120. The molecule has 0 N–H and O–H groups in total. The van der Waals surface area contributed by atoms with Crippen LogP contribution >= 0.6 is 11.6 Å². The van der Waals surface area contributed by atoms with Crippen LogP contribution < -0.4 is 0 Å². The Morgan fingerprint density at radius 2 is 2.00 bits per heavy atom. The number of hydrogen-bond acceptors (Lipinski definition) is 1. The fourth-order valence-electron chi connectivity index (χ4n) is 0.395. The van der Waals surface area contributed by atoms with Gasteiger partial charge in [0.2, 0.25) is 0 Å². The largest absolute Gasteiger partial charge is 0.377 e. The molecule has 2 unspecified atom stereocenters. The van der Waals surface area contributed by atoms with Crippen LogP contribution in [0.15, 0.2) is 0 Å². The molecular weight excluding hydrogens is 124 g/mol. The second-order valence-corrected chi connectivity index (χ2v) is 2.53. The van der Waals surface area contributed by atoms with Gasteiger partial charge in [-0.05, 0) is 20.8 Å². The average Bonchev–Trinajstić information content (AvgIpc) is 1.67. The Morgan fingerprint density at radius 1 is 1.50 bits per heavy atom. The predicted molar refractivity (Wildman–Crippen MR) is 36.4 cm³/mol. The summed E-state index contributed by atoms with van der Waals surface area (Å²) in [5.74, 6) is 0. The monoisotopic (exact) mass is 136 g/mol. The van der Waals surface area contributed by atoms with Gasteiger partial charge in [0.15, 0.2) is 0 Å². The zero-order chi connectivity index (χ0) is 6.57. The van der Waals surface area contributed by atoms with Crippen LogP contribution in [-0.4, -0.2) is 18.1 Å². The molecule has 0 rings (SSSR count). The molecule has 0 heterocycles. The van der Waals surface area contributed by atoms with Crippen LogP contribution in [0.4, 0.5) is 0 Å². The van der Waals surface area contributed by atoms with Crippen molar-refractivity contribution in [1.29, 1.82) is 0 Å². The van der Waals surface area contributed by atoms with E-state index in [1.165, 1.54) is 0 Å². The third-order valence-corrected chi connectivity index (χ3v) is 1.43. The molecule has 0 spiro atoms. The maximum atomic E-state index is 5.68. The van der Waals surface area contributed by atoms with Crippen LogP contribution in [0.2, 0.25) is 0 Å². The van der Waals surface area contributed by atoms with Crippen LogP contribution in [0.5, 0.6) is 0 Å². The molecule has 0 aliphatic heterocycles. The molecule has 0 aromatic rings. The Morgan fingerprint density at radius 3 is 2.12 bits per heavy atom. The van der Waals surface area contributed by atoms with Crippen LogP contribution in [0.25, 0.3) is 0 Å². The summed E-state index contributed by atoms with van der Waals surface area (Å²) in [6.07, 6.45) is 0.182. The lowest BCUT2D eigenvalue weighted by Gasteiger charge is -2.12. The van der Waals surface area contributed by atoms with Crippen LogP contribution in [-0.2, 0) is 4.74 Å². The van der Waals surface area contributed by atoms with Gasteiger partial charge in [0.05, 0.1) is 11.5 Å². The summed E-state index contributed by atoms with van der Waals surface area (Å²) < 4.78 is 5.17. The van der Waals surface area contributed by atoms with Gasteiger partial charge < -0.3 is 4.74 Å². The number of alkyl halides is 1. The first-order chi connectivity index (χ1) is 3.68. The highest BCUT2D eigenvalue weighted by atomic mass is 35.5. The van der Waals surface area contributed by atoms with E-state index in [1.807, 2.05) is 20.8 Å². The van der Waals surface area contributed by atoms with E-state index in [1.54, 1.807) is 0 Å². The quantitative estimate of drug-likeness (QED) is 0.540. The molecule has 0 aromatic heterocycles. The van der Waals surface area contributed by atoms with E-state index in [2.05, 4.69) is 0 Å². The van der Waals surface area contributed by atoms with Gasteiger partial charge >= 0.3 is 0 Å². The molecule has 0 saturated heterocycles. The highest BCUT2D eigenvalue weighted by Crippen LogP contribution is 2.03. The topological polar surface area (TPSA) is 9.23 Å². The SMILES string of the molecule is CCOC(C)C(C)Cl. The van der Waals surface area contributed by atoms with Crippen LogP contribution in [0.3, 0.4) is 0 Å². The standard InChI is InChI=1S/C6H13ClO/c1-4-8-6(3)5(2)7/h5-6H,4H2,1-3H3. The number of halogens is 1. The first-order valence-corrected chi connectivity index (χ1v) is 3.37. The molecule has 0 radical (unpaired) electrons. The molecule has 1 nitrogen and oxygen atoms in total. The van der Waals surface area contributed by atoms with Gasteiger partial charge in [-0.25, -0.2) is 0 Å². The summed E-state index contributed by atoms with van der Waals surface area (Å²) in [7, 11) is 0. The van der Waals surface area contributed by atoms with Crippen molar-refractivity contribution in [3.05, 3.63) is 0 Å². The summed E-state index contributed by atoms with van der Waals surface area (Å²) in [5.41, 5.74) is 0. The molecule has 0 aliphatic carbocycles. The van der Waals surface area contributed by atoms with Crippen LogP contribution in [0.1, 0.15) is 20.8 Å². The fraction of sp³-hybridized carbons (Fsp3) is 1.00. The van der Waals surface area contributed by atoms with Gasteiger partial charge in [-0.2, -0.15) is 0 Å². The van der Waals surface area contributed by atoms with Crippen LogP contribution in [0, 0.1) is 0 Å². The third-order valence-electron chi connectivity index (χ3n) is 1.08. The van der Waals surface area contributed by atoms with E-state index in [-0.39, 0.29) is 11.5 Å². The highest BCUT2D eigenvalue weighted by Gasteiger charge is 2.06. The smallest absolute Gasteiger partial charge is 0.0707 e. The molecule has 0 amide bonds. The fourth-order valence-corrected chi connectivity index (χ4v) is 0.468. The highest BCUT2D eigenvalue weighted by molar-refractivity contribution is 6.20. The molecule has 0 aromatic carbocycles. The maximum Gasteiger partial charge on any atom is 0.0707 e. The van der Waals surface area contributed by atoms with Crippen molar-refractivity contribution < 1.29 is 4.74 Å². The predicted octanol–water partition coefficient (Wildman–Crippen LogP) is 2.04. The normalized spacial score (nSPS) is 18.0. The van der Waals surface area contributed by atoms with Crippen molar-refractivity contribution in [2.75, 3.05) is 6.61 Å². The zero-order valence-corrected chi connectivity index (χ0v) is 6.40. The number of rotatable bonds is 3. The van der Waals surface area contributed by atoms with E-state index in [0.717, 1.165) is 6.61 Å². The summed E-state index contributed by atoms with van der Waals surface area (Å²) in [4.78, 5) is 0. The first-order valence-electron chi connectivity index (χ1n) is 2.94. The Balaban J connectivity index is 3.17. The van der Waals surface area contributed by atoms with E-state index in [0.29, 0.717) is 0 Å². The van der Waals surface area contributed by atoms with E-state index < -0.39 is 0 Å². The van der Waals surface area contributed by atoms with E-state index in [9.17, 15) is 0 Å². The number of ether oxygens (including phenoxy) is 1. The van der Waals surface area contributed by atoms with Gasteiger partial charge in [0, 0.05) is 6.61 Å². The molecule has 8 heavy (non-hydrogen) atoms. The van der Waals surface area contributed by atoms with Gasteiger partial charge in [-0.3, -0.25) is 0 Å². The van der Waals surface area contributed by atoms with E-state index in [4.69, 9.17) is 16.3 Å². The Kier molecular flexibility index (Phi) is 4.29. The van der Waals surface area contributed by atoms with Crippen molar-refractivity contribution in [3.63, 3.8) is 0 Å². The molecule has 2 heteroatoms. The Labute approximate surface area is 56.0 Å². The lowest BCUT2D eigenvalue weighted by atomic mass is 10.3. The summed E-state index contributed by atoms with van der Waals surface area (Å²) >= 11 is 5.68. The molecule has 0 aliphatic rings. The molecule has 0 fully saturated rings. The lowest BCUT2D eigenvalue weighted by molar-refractivity contribution is 0.0764.